The molecule has 1 aromatic carbocycles. The molecule has 2 amide bonds. The summed E-state index contributed by atoms with van der Waals surface area (Å²) in [4.78, 5) is 41.5. The zero-order chi connectivity index (χ0) is 21.3. The van der Waals surface area contributed by atoms with E-state index in [1.54, 1.807) is 4.90 Å². The van der Waals surface area contributed by atoms with Crippen LogP contribution in [0.5, 0.6) is 0 Å². The van der Waals surface area contributed by atoms with Crippen molar-refractivity contribution in [3.05, 3.63) is 35.9 Å². The van der Waals surface area contributed by atoms with E-state index >= 15 is 0 Å². The van der Waals surface area contributed by atoms with Crippen LogP contribution in [0.3, 0.4) is 0 Å². The summed E-state index contributed by atoms with van der Waals surface area (Å²) in [6.45, 7) is 2.74. The Hall–Kier alpha value is -2.25. The molecule has 3 N–H and O–H groups in total. The molecular formula is C23H34N4O3. The van der Waals surface area contributed by atoms with E-state index in [1.807, 2.05) is 18.2 Å². The smallest absolute Gasteiger partial charge is 0.245 e. The van der Waals surface area contributed by atoms with E-state index in [2.05, 4.69) is 22.3 Å². The maximum atomic E-state index is 13.1. The number of rotatable bonds is 10. The van der Waals surface area contributed by atoms with Crippen LogP contribution < -0.4 is 11.1 Å². The summed E-state index contributed by atoms with van der Waals surface area (Å²) in [6.07, 6.45) is 6.26. The predicted molar refractivity (Wildman–Crippen MR) is 116 cm³/mol. The number of nitrogens with two attached hydrogens (primary N) is 1. The highest BCUT2D eigenvalue weighted by Crippen LogP contribution is 2.22. The van der Waals surface area contributed by atoms with Gasteiger partial charge in [-0.25, -0.2) is 0 Å². The van der Waals surface area contributed by atoms with Gasteiger partial charge >= 0.3 is 0 Å². The molecule has 7 heteroatoms. The lowest BCUT2D eigenvalue weighted by Crippen LogP contribution is -2.54. The lowest BCUT2D eigenvalue weighted by atomic mass is 10.1. The minimum Gasteiger partial charge on any atom is -0.343 e. The molecule has 0 spiro atoms. The normalized spacial score (nSPS) is 22.8. The quantitative estimate of drug-likeness (QED) is 0.446. The van der Waals surface area contributed by atoms with Crippen molar-refractivity contribution in [2.45, 2.75) is 69.6 Å². The fraction of sp³-hybridized carbons (Fsp3) is 0.609. The van der Waals surface area contributed by atoms with Crippen LogP contribution in [0.2, 0.25) is 0 Å². The van der Waals surface area contributed by atoms with Gasteiger partial charge in [0.05, 0.1) is 12.1 Å². The zero-order valence-corrected chi connectivity index (χ0v) is 17.7. The summed E-state index contributed by atoms with van der Waals surface area (Å²) in [5, 5.41) is 3.03. The van der Waals surface area contributed by atoms with Crippen molar-refractivity contribution in [3.8, 4) is 0 Å². The monoisotopic (exact) mass is 414 g/mol. The first-order chi connectivity index (χ1) is 14.6. The second-order valence-electron chi connectivity index (χ2n) is 8.34. The van der Waals surface area contributed by atoms with Crippen LogP contribution in [-0.4, -0.2) is 65.7 Å². The number of likely N-dealkylation sites (tertiary alicyclic amines) is 2. The second-order valence-corrected chi connectivity index (χ2v) is 8.34. The molecule has 0 bridgehead atoms. The molecule has 2 saturated heterocycles. The molecule has 30 heavy (non-hydrogen) atoms. The topological polar surface area (TPSA) is 95.7 Å². The summed E-state index contributed by atoms with van der Waals surface area (Å²) in [7, 11) is 0. The summed E-state index contributed by atoms with van der Waals surface area (Å²) in [6, 6.07) is 8.95. The van der Waals surface area contributed by atoms with Crippen LogP contribution in [-0.2, 0) is 20.9 Å². The first-order valence-corrected chi connectivity index (χ1v) is 11.2. The Morgan fingerprint density at radius 1 is 1.13 bits per heavy atom. The third kappa shape index (κ3) is 5.67. The maximum absolute atomic E-state index is 13.1. The minimum atomic E-state index is -0.594. The molecule has 0 radical (unpaired) electrons. The standard InChI is InChI=1S/C23H34N4O3/c24-13-5-4-11-20(23(30)27-15-6-10-19(27)17-28)25-22(29)21-12-7-14-26(21)16-18-8-2-1-3-9-18/h1-3,8-9,17,19-21H,4-7,10-16,24H2,(H,25,29)/t19-,20-,21-/m0/s1. The number of unbranched alkanes of at least 4 members (excludes halogenated alkanes) is 1. The van der Waals surface area contributed by atoms with Gasteiger partial charge in [-0.2, -0.15) is 0 Å². The van der Waals surface area contributed by atoms with Gasteiger partial charge in [0.15, 0.2) is 0 Å². The third-order valence-corrected chi connectivity index (χ3v) is 6.20. The molecule has 0 saturated carbocycles. The Labute approximate surface area is 179 Å². The second kappa shape index (κ2) is 11.2. The van der Waals surface area contributed by atoms with Crippen LogP contribution >= 0.6 is 0 Å². The average molecular weight is 415 g/mol. The molecule has 2 fully saturated rings. The van der Waals surface area contributed by atoms with Gasteiger partial charge in [-0.05, 0) is 63.6 Å². The van der Waals surface area contributed by atoms with Crippen molar-refractivity contribution in [2.75, 3.05) is 19.6 Å². The molecule has 0 aromatic heterocycles. The SMILES string of the molecule is NCCCC[C@H](NC(=O)[C@@H]1CCCN1Cc1ccccc1)C(=O)N1CCC[C@H]1C=O. The van der Waals surface area contributed by atoms with Crippen LogP contribution in [0.15, 0.2) is 30.3 Å². The summed E-state index contributed by atoms with van der Waals surface area (Å²) >= 11 is 0. The first kappa shape index (κ1) is 22.4. The number of nitrogens with zero attached hydrogens (tertiary/aromatic N) is 2. The van der Waals surface area contributed by atoms with Crippen LogP contribution in [0.4, 0.5) is 0 Å². The van der Waals surface area contributed by atoms with Gasteiger partial charge in [0.1, 0.15) is 12.3 Å². The molecule has 2 aliphatic heterocycles. The third-order valence-electron chi connectivity index (χ3n) is 6.20. The van der Waals surface area contributed by atoms with Crippen molar-refractivity contribution in [2.24, 2.45) is 5.73 Å². The van der Waals surface area contributed by atoms with Gasteiger partial charge in [0.25, 0.3) is 0 Å². The molecule has 1 aromatic rings. The largest absolute Gasteiger partial charge is 0.343 e. The van der Waals surface area contributed by atoms with Crippen molar-refractivity contribution in [1.82, 2.24) is 15.1 Å². The van der Waals surface area contributed by atoms with E-state index in [0.29, 0.717) is 25.9 Å². The number of nitrogens with one attached hydrogen (secondary N) is 1. The molecule has 7 nitrogen and oxygen atoms in total. The molecule has 0 unspecified atom stereocenters. The highest BCUT2D eigenvalue weighted by Gasteiger charge is 2.36. The molecule has 3 rings (SSSR count). The van der Waals surface area contributed by atoms with Crippen molar-refractivity contribution < 1.29 is 14.4 Å². The Balaban J connectivity index is 1.65. The van der Waals surface area contributed by atoms with Gasteiger partial charge in [0, 0.05) is 13.1 Å². The zero-order valence-electron chi connectivity index (χ0n) is 17.7. The summed E-state index contributed by atoms with van der Waals surface area (Å²) < 4.78 is 0. The van der Waals surface area contributed by atoms with E-state index in [9.17, 15) is 14.4 Å². The first-order valence-electron chi connectivity index (χ1n) is 11.2. The van der Waals surface area contributed by atoms with E-state index in [-0.39, 0.29) is 23.9 Å². The number of carbonyl (C=O) groups excluding carboxylic acids is 3. The fourth-order valence-electron chi connectivity index (χ4n) is 4.56. The summed E-state index contributed by atoms with van der Waals surface area (Å²) in [5.41, 5.74) is 6.79. The number of carbonyl (C=O) groups is 3. The van der Waals surface area contributed by atoms with E-state index in [1.165, 1.54) is 5.56 Å². The Bertz CT molecular complexity index is 712. The number of aldehydes is 1. The van der Waals surface area contributed by atoms with Crippen LogP contribution in [0.25, 0.3) is 0 Å². The number of hydrogen-bond acceptors (Lipinski definition) is 5. The Morgan fingerprint density at radius 2 is 1.90 bits per heavy atom. The fourth-order valence-corrected chi connectivity index (χ4v) is 4.56. The van der Waals surface area contributed by atoms with Gasteiger partial charge < -0.3 is 20.7 Å². The molecule has 2 aliphatic rings. The van der Waals surface area contributed by atoms with Gasteiger partial charge in [-0.15, -0.1) is 0 Å². The predicted octanol–water partition coefficient (Wildman–Crippen LogP) is 1.45. The van der Waals surface area contributed by atoms with Crippen molar-refractivity contribution in [1.29, 1.82) is 0 Å². The van der Waals surface area contributed by atoms with E-state index < -0.39 is 6.04 Å². The molecule has 0 aliphatic carbocycles. The lowest BCUT2D eigenvalue weighted by molar-refractivity contribution is -0.139. The maximum Gasteiger partial charge on any atom is 0.245 e. The number of amides is 2. The lowest BCUT2D eigenvalue weighted by Gasteiger charge is -2.29. The average Bonchev–Trinajstić information content (AvgIpc) is 3.42. The van der Waals surface area contributed by atoms with Crippen molar-refractivity contribution >= 4 is 18.1 Å². The van der Waals surface area contributed by atoms with Crippen molar-refractivity contribution in [3.63, 3.8) is 0 Å². The molecule has 2 heterocycles. The van der Waals surface area contributed by atoms with Crippen LogP contribution in [0, 0.1) is 0 Å². The number of benzene rings is 1. The Kier molecular flexibility index (Phi) is 8.39. The summed E-state index contributed by atoms with van der Waals surface area (Å²) in [5.74, 6) is -0.223. The van der Waals surface area contributed by atoms with Gasteiger partial charge in [-0.3, -0.25) is 14.5 Å². The van der Waals surface area contributed by atoms with Gasteiger partial charge in [-0.1, -0.05) is 30.3 Å². The number of hydrogen-bond donors (Lipinski definition) is 2. The highest BCUT2D eigenvalue weighted by molar-refractivity contribution is 5.91. The minimum absolute atomic E-state index is 0.0867. The van der Waals surface area contributed by atoms with Crippen LogP contribution in [0.1, 0.15) is 50.5 Å². The molecule has 3 atom stereocenters. The van der Waals surface area contributed by atoms with E-state index in [4.69, 9.17) is 5.73 Å². The van der Waals surface area contributed by atoms with Gasteiger partial charge in [0.2, 0.25) is 11.8 Å². The highest BCUT2D eigenvalue weighted by atomic mass is 16.2. The Morgan fingerprint density at radius 3 is 2.63 bits per heavy atom. The molecule has 164 valence electrons. The van der Waals surface area contributed by atoms with E-state index in [0.717, 1.165) is 51.5 Å². The molecular weight excluding hydrogens is 380 g/mol.